The number of ether oxygens (including phenoxy) is 2. The minimum absolute atomic E-state index is 0.00165. The maximum absolute atomic E-state index is 14.2. The van der Waals surface area contributed by atoms with Gasteiger partial charge in [-0.2, -0.15) is 0 Å². The maximum atomic E-state index is 14.2. The van der Waals surface area contributed by atoms with Gasteiger partial charge in [0.15, 0.2) is 0 Å². The fourth-order valence-electron chi connectivity index (χ4n) is 6.22. The van der Waals surface area contributed by atoms with E-state index >= 15 is 0 Å². The molecular weight excluding hydrogens is 604 g/mol. The lowest BCUT2D eigenvalue weighted by atomic mass is 9.91. The molecule has 3 aliphatic heterocycles. The quantitative estimate of drug-likeness (QED) is 0.369. The standard InChI is InChI=1S/C34H42N6O7/c1-34(2,3)47-33(45)39-20-17-23-13-7-8-14-24(23)27(39)30(43)38-18-10-16-26(38)28(41)36-25-15-9-19-40(29(25)42)31(35)37-32(44)46-21-22-11-5-4-6-12-22/h4-8,11-14,25-27H,9-10,15-21H2,1-3H3,(H,36,41)(H2,35,37,44)/t25-,26-,27+/m0/s1. The van der Waals surface area contributed by atoms with E-state index in [1.165, 1.54) is 9.80 Å². The summed E-state index contributed by atoms with van der Waals surface area (Å²) in [7, 11) is 0. The summed E-state index contributed by atoms with van der Waals surface area (Å²) >= 11 is 0. The van der Waals surface area contributed by atoms with Crippen LogP contribution in [0.3, 0.4) is 0 Å². The van der Waals surface area contributed by atoms with E-state index in [1.54, 1.807) is 32.9 Å². The minimum Gasteiger partial charge on any atom is -0.444 e. The molecule has 2 fully saturated rings. The van der Waals surface area contributed by atoms with Crippen LogP contribution in [0.15, 0.2) is 59.6 Å². The molecule has 0 saturated carbocycles. The number of benzene rings is 2. The lowest BCUT2D eigenvalue weighted by molar-refractivity contribution is -0.144. The number of amides is 5. The summed E-state index contributed by atoms with van der Waals surface area (Å²) in [6.07, 6.45) is 0.885. The van der Waals surface area contributed by atoms with Gasteiger partial charge in [-0.25, -0.2) is 9.59 Å². The van der Waals surface area contributed by atoms with Crippen LogP contribution in [0.1, 0.15) is 69.2 Å². The molecule has 3 N–H and O–H groups in total. The highest BCUT2D eigenvalue weighted by Gasteiger charge is 2.45. The number of guanidine groups is 1. The van der Waals surface area contributed by atoms with Gasteiger partial charge in [0.25, 0.3) is 11.8 Å². The number of fused-ring (bicyclic) bond motifs is 1. The molecule has 0 spiro atoms. The molecule has 0 aromatic heterocycles. The van der Waals surface area contributed by atoms with Gasteiger partial charge in [0.2, 0.25) is 11.9 Å². The molecule has 2 aromatic carbocycles. The van der Waals surface area contributed by atoms with E-state index in [0.29, 0.717) is 50.8 Å². The van der Waals surface area contributed by atoms with Crippen LogP contribution in [-0.4, -0.2) is 87.9 Å². The molecule has 5 rings (SSSR count). The summed E-state index contributed by atoms with van der Waals surface area (Å²) in [5.74, 6) is -1.66. The second-order valence-electron chi connectivity index (χ2n) is 12.9. The Bertz CT molecular complexity index is 1540. The number of rotatable bonds is 5. The van der Waals surface area contributed by atoms with Gasteiger partial charge in [-0.05, 0) is 69.6 Å². The molecular formula is C34H42N6O7. The van der Waals surface area contributed by atoms with Crippen LogP contribution in [0.5, 0.6) is 0 Å². The number of carbonyl (C=O) groups is 5. The zero-order valence-electron chi connectivity index (χ0n) is 27.0. The number of hydrogen-bond acceptors (Lipinski definition) is 7. The first-order valence-corrected chi connectivity index (χ1v) is 16.0. The number of nitrogens with two attached hydrogens (primary N) is 1. The van der Waals surface area contributed by atoms with Crippen LogP contribution in [-0.2, 0) is 36.9 Å². The highest BCUT2D eigenvalue weighted by Crippen LogP contribution is 2.34. The predicted molar refractivity (Wildman–Crippen MR) is 172 cm³/mol. The highest BCUT2D eigenvalue weighted by atomic mass is 16.6. The summed E-state index contributed by atoms with van der Waals surface area (Å²) in [6.45, 7) is 6.15. The Morgan fingerprint density at radius 3 is 2.38 bits per heavy atom. The summed E-state index contributed by atoms with van der Waals surface area (Å²) < 4.78 is 10.8. The van der Waals surface area contributed by atoms with Crippen molar-refractivity contribution >= 4 is 35.9 Å². The second kappa shape index (κ2) is 14.2. The summed E-state index contributed by atoms with van der Waals surface area (Å²) in [4.78, 5) is 74.7. The maximum Gasteiger partial charge on any atom is 0.437 e. The largest absolute Gasteiger partial charge is 0.444 e. The van der Waals surface area contributed by atoms with Gasteiger partial charge in [0, 0.05) is 19.6 Å². The van der Waals surface area contributed by atoms with Crippen LogP contribution in [0.4, 0.5) is 9.59 Å². The Kier molecular flexibility index (Phi) is 10.1. The fourth-order valence-corrected chi connectivity index (χ4v) is 6.22. The van der Waals surface area contributed by atoms with Crippen LogP contribution >= 0.6 is 0 Å². The van der Waals surface area contributed by atoms with Crippen molar-refractivity contribution in [3.05, 3.63) is 71.3 Å². The van der Waals surface area contributed by atoms with Gasteiger partial charge in [0.05, 0.1) is 0 Å². The summed E-state index contributed by atoms with van der Waals surface area (Å²) in [5, 5.41) is 2.81. The Morgan fingerprint density at radius 2 is 1.64 bits per heavy atom. The number of hydrogen-bond donors (Lipinski definition) is 2. The molecule has 47 heavy (non-hydrogen) atoms. The Hall–Kier alpha value is -4.94. The summed E-state index contributed by atoms with van der Waals surface area (Å²) in [6, 6.07) is 13.9. The molecule has 2 aromatic rings. The normalized spacial score (nSPS) is 21.6. The predicted octanol–water partition coefficient (Wildman–Crippen LogP) is 3.27. The van der Waals surface area contributed by atoms with E-state index < -0.39 is 47.7 Å². The van der Waals surface area contributed by atoms with E-state index in [1.807, 2.05) is 42.5 Å². The third-order valence-electron chi connectivity index (χ3n) is 8.43. The third-order valence-corrected chi connectivity index (χ3v) is 8.43. The van der Waals surface area contributed by atoms with Crippen molar-refractivity contribution in [1.29, 1.82) is 0 Å². The monoisotopic (exact) mass is 646 g/mol. The molecule has 5 amide bonds. The van der Waals surface area contributed by atoms with E-state index in [9.17, 15) is 24.0 Å². The van der Waals surface area contributed by atoms with Crippen molar-refractivity contribution in [2.24, 2.45) is 10.7 Å². The average molecular weight is 647 g/mol. The van der Waals surface area contributed by atoms with Gasteiger partial charge < -0.3 is 25.4 Å². The molecule has 3 aliphatic rings. The number of nitrogens with zero attached hydrogens (tertiary/aromatic N) is 4. The van der Waals surface area contributed by atoms with E-state index in [4.69, 9.17) is 15.2 Å². The third kappa shape index (κ3) is 7.90. The molecule has 0 radical (unpaired) electrons. The lowest BCUT2D eigenvalue weighted by Crippen LogP contribution is -2.59. The molecule has 0 aliphatic carbocycles. The van der Waals surface area contributed by atoms with Gasteiger partial charge in [-0.1, -0.05) is 54.6 Å². The number of piperidine rings is 1. The average Bonchev–Trinajstić information content (AvgIpc) is 3.54. The second-order valence-corrected chi connectivity index (χ2v) is 12.9. The topological polar surface area (TPSA) is 164 Å². The highest BCUT2D eigenvalue weighted by molar-refractivity contribution is 6.03. The number of nitrogens with one attached hydrogen (secondary N) is 1. The van der Waals surface area contributed by atoms with E-state index in [-0.39, 0.29) is 25.0 Å². The van der Waals surface area contributed by atoms with Crippen LogP contribution in [0.25, 0.3) is 0 Å². The fraction of sp³-hybridized carbons (Fsp3) is 0.471. The smallest absolute Gasteiger partial charge is 0.437 e. The van der Waals surface area contributed by atoms with Crippen molar-refractivity contribution in [3.63, 3.8) is 0 Å². The SMILES string of the molecule is CC(C)(C)OC(=O)N1CCc2ccccc2[C@@H]1C(=O)N1CCC[C@H]1C(=O)N[C@H]1CCCN(/C(N)=N/C(=O)OCc2ccccc2)C1=O. The first-order valence-electron chi connectivity index (χ1n) is 16.0. The van der Waals surface area contributed by atoms with Crippen molar-refractivity contribution in [3.8, 4) is 0 Å². The first kappa shape index (κ1) is 33.4. The Balaban J connectivity index is 1.26. The Labute approximate surface area is 274 Å². The number of carbonyl (C=O) groups excluding carboxylic acids is 5. The van der Waals surface area contributed by atoms with Crippen molar-refractivity contribution in [2.45, 2.75) is 83.2 Å². The molecule has 0 unspecified atom stereocenters. The van der Waals surface area contributed by atoms with Crippen LogP contribution in [0.2, 0.25) is 0 Å². The van der Waals surface area contributed by atoms with Crippen LogP contribution < -0.4 is 11.1 Å². The molecule has 3 atom stereocenters. The van der Waals surface area contributed by atoms with E-state index in [2.05, 4.69) is 10.3 Å². The molecule has 3 heterocycles. The minimum atomic E-state index is -0.951. The number of likely N-dealkylation sites (tertiary alicyclic amines) is 2. The van der Waals surface area contributed by atoms with Crippen molar-refractivity contribution < 1.29 is 33.4 Å². The number of aliphatic imine (C=N–C) groups is 1. The van der Waals surface area contributed by atoms with Crippen LogP contribution in [0, 0.1) is 0 Å². The molecule has 250 valence electrons. The molecule has 13 heteroatoms. The van der Waals surface area contributed by atoms with Gasteiger partial charge >= 0.3 is 12.2 Å². The Morgan fingerprint density at radius 1 is 0.936 bits per heavy atom. The first-order chi connectivity index (χ1) is 22.4. The molecule has 13 nitrogen and oxygen atoms in total. The molecule has 0 bridgehead atoms. The van der Waals surface area contributed by atoms with Gasteiger partial charge in [-0.15, -0.1) is 4.99 Å². The lowest BCUT2D eigenvalue weighted by Gasteiger charge is -2.39. The van der Waals surface area contributed by atoms with Gasteiger partial charge in [0.1, 0.15) is 30.3 Å². The molecule has 2 saturated heterocycles. The summed E-state index contributed by atoms with van der Waals surface area (Å²) in [5.41, 5.74) is 7.71. The van der Waals surface area contributed by atoms with Crippen molar-refractivity contribution in [1.82, 2.24) is 20.0 Å². The van der Waals surface area contributed by atoms with E-state index in [0.717, 1.165) is 16.0 Å². The van der Waals surface area contributed by atoms with Gasteiger partial charge in [-0.3, -0.25) is 24.2 Å². The zero-order chi connectivity index (χ0) is 33.7. The zero-order valence-corrected chi connectivity index (χ0v) is 27.0. The van der Waals surface area contributed by atoms with Crippen molar-refractivity contribution in [2.75, 3.05) is 19.6 Å².